The molecule has 30 valence electrons. The van der Waals surface area contributed by atoms with Crippen molar-refractivity contribution in [1.82, 2.24) is 0 Å². The van der Waals surface area contributed by atoms with Crippen molar-refractivity contribution in [1.29, 1.82) is 0 Å². The summed E-state index contributed by atoms with van der Waals surface area (Å²) >= 11 is 0. The van der Waals surface area contributed by atoms with Gasteiger partial charge in [-0.3, -0.25) is 0 Å². The highest BCUT2D eigenvalue weighted by molar-refractivity contribution is 5.95. The molecule has 0 aliphatic heterocycles. The lowest BCUT2D eigenvalue weighted by Gasteiger charge is -1.19. The Morgan fingerprint density at radius 1 is 1.00 bits per heavy atom. The number of rotatable bonds is 0. The summed E-state index contributed by atoms with van der Waals surface area (Å²) in [5.41, 5.74) is 0. The second-order valence-electron chi connectivity index (χ2n) is 0. The van der Waals surface area contributed by atoms with Gasteiger partial charge in [0.25, 0.3) is 0 Å². The third-order valence-electron chi connectivity index (χ3n) is 0. The van der Waals surface area contributed by atoms with Crippen molar-refractivity contribution in [3.63, 3.8) is 0 Å². The Balaban J connectivity index is -0.00000000500. The Morgan fingerprint density at radius 3 is 1.00 bits per heavy atom. The summed E-state index contributed by atoms with van der Waals surface area (Å²) < 4.78 is 0. The van der Waals surface area contributed by atoms with Gasteiger partial charge in [0.1, 0.15) is 10.5 Å². The fraction of sp³-hybridized carbons (Fsp3) is 1.00. The minimum absolute atomic E-state index is 0. The molecule has 0 saturated carbocycles. The zero-order valence-corrected chi connectivity index (χ0v) is 3.45. The van der Waals surface area contributed by atoms with Crippen LogP contribution in [0, 0.1) is 0 Å². The Morgan fingerprint density at radius 2 is 1.00 bits per heavy atom. The van der Waals surface area contributed by atoms with E-state index in [9.17, 15) is 0 Å². The molecule has 0 aliphatic rings. The molecule has 4 heavy (non-hydrogen) atoms. The van der Waals surface area contributed by atoms with Crippen LogP contribution in [0.15, 0.2) is 0 Å². The van der Waals surface area contributed by atoms with Gasteiger partial charge in [-0.2, -0.15) is 0 Å². The summed E-state index contributed by atoms with van der Waals surface area (Å²) in [6, 6.07) is 0. The predicted molar refractivity (Wildman–Crippen MR) is 25.6 cm³/mol. The quantitative estimate of drug-likeness (QED) is 0.390. The van der Waals surface area contributed by atoms with Crippen LogP contribution >= 0.6 is 0 Å². The van der Waals surface area contributed by atoms with E-state index in [2.05, 4.69) is 0 Å². The van der Waals surface area contributed by atoms with E-state index in [4.69, 9.17) is 4.80 Å². The molecule has 0 aromatic rings. The SMILES string of the molecule is C.C.O[SiH3]. The van der Waals surface area contributed by atoms with Crippen LogP contribution in [0.5, 0.6) is 0 Å². The van der Waals surface area contributed by atoms with Gasteiger partial charge in [0, 0.05) is 0 Å². The average molecular weight is 80.2 g/mol. The molecule has 0 fully saturated rings. The third kappa shape index (κ3) is 96.4. The molecule has 1 N–H and O–H groups in total. The topological polar surface area (TPSA) is 20.2 Å². The molecule has 0 aromatic heterocycles. The van der Waals surface area contributed by atoms with Gasteiger partial charge in [-0.25, -0.2) is 0 Å². The van der Waals surface area contributed by atoms with Crippen molar-refractivity contribution in [3.8, 4) is 0 Å². The monoisotopic (exact) mass is 80.1 g/mol. The molecule has 0 rings (SSSR count). The van der Waals surface area contributed by atoms with Crippen molar-refractivity contribution >= 4 is 10.5 Å². The first-order valence-electron chi connectivity index (χ1n) is 0.447. The molecular weight excluding hydrogens is 68.1 g/mol. The lowest BCUT2D eigenvalue weighted by molar-refractivity contribution is 0.629. The molecule has 0 spiro atoms. The summed E-state index contributed by atoms with van der Waals surface area (Å²) in [5, 5.41) is 0. The molecule has 0 atom stereocenters. The number of hydrogen-bond donors (Lipinski definition) is 1. The molecule has 0 radical (unpaired) electrons. The van der Waals surface area contributed by atoms with Gasteiger partial charge in [0.05, 0.1) is 0 Å². The van der Waals surface area contributed by atoms with Crippen molar-refractivity contribution < 1.29 is 4.80 Å². The second kappa shape index (κ2) is 481. The van der Waals surface area contributed by atoms with E-state index in [1.54, 1.807) is 0 Å². The van der Waals surface area contributed by atoms with Crippen molar-refractivity contribution in [3.05, 3.63) is 0 Å². The molecular formula is C2H12OSi. The van der Waals surface area contributed by atoms with Crippen LogP contribution in [0.2, 0.25) is 0 Å². The van der Waals surface area contributed by atoms with E-state index in [0.717, 1.165) is 0 Å². The first-order chi connectivity index (χ1) is 1.00. The molecule has 0 aromatic carbocycles. The first kappa shape index (κ1) is 30.4. The average Bonchev–Trinajstić information content (AvgIpc) is 1.00. The highest BCUT2D eigenvalue weighted by Gasteiger charge is 0.891. The van der Waals surface area contributed by atoms with Crippen LogP contribution < -0.4 is 0 Å². The zero-order chi connectivity index (χ0) is 2.00. The van der Waals surface area contributed by atoms with Gasteiger partial charge in [-0.15, -0.1) is 0 Å². The fourth-order valence-electron chi connectivity index (χ4n) is 0. The van der Waals surface area contributed by atoms with E-state index in [0.29, 0.717) is 10.5 Å². The van der Waals surface area contributed by atoms with Gasteiger partial charge < -0.3 is 4.80 Å². The van der Waals surface area contributed by atoms with E-state index in [-0.39, 0.29) is 14.9 Å². The van der Waals surface area contributed by atoms with E-state index in [1.165, 1.54) is 0 Å². The maximum absolute atomic E-state index is 7.14. The molecule has 0 heterocycles. The summed E-state index contributed by atoms with van der Waals surface area (Å²) in [5.74, 6) is 0. The van der Waals surface area contributed by atoms with Crippen molar-refractivity contribution in [2.24, 2.45) is 0 Å². The summed E-state index contributed by atoms with van der Waals surface area (Å²) in [6.45, 7) is 0. The highest BCUT2D eigenvalue weighted by atomic mass is 28.2. The normalized spacial score (nSPS) is 2.25. The molecule has 1 nitrogen and oxygen atoms in total. The minimum atomic E-state index is 0. The van der Waals surface area contributed by atoms with Crippen LogP contribution in [0.25, 0.3) is 0 Å². The summed E-state index contributed by atoms with van der Waals surface area (Å²) in [6.07, 6.45) is 0. The fourth-order valence-corrected chi connectivity index (χ4v) is 0. The lowest BCUT2D eigenvalue weighted by atomic mass is 12.0. The minimum Gasteiger partial charge on any atom is -0.442 e. The second-order valence-corrected chi connectivity index (χ2v) is 0. The van der Waals surface area contributed by atoms with Gasteiger partial charge in [-0.1, -0.05) is 14.9 Å². The highest BCUT2D eigenvalue weighted by Crippen LogP contribution is 0.666. The van der Waals surface area contributed by atoms with Crippen LogP contribution in [-0.2, 0) is 0 Å². The van der Waals surface area contributed by atoms with E-state index >= 15 is 0 Å². The number of hydrogen-bond acceptors (Lipinski definition) is 1. The molecule has 0 amide bonds. The summed E-state index contributed by atoms with van der Waals surface area (Å²) in [4.78, 5) is 7.14. The van der Waals surface area contributed by atoms with Gasteiger partial charge >= 0.3 is 0 Å². The molecule has 0 unspecified atom stereocenters. The molecule has 0 aliphatic carbocycles. The molecule has 0 bridgehead atoms. The van der Waals surface area contributed by atoms with Crippen LogP contribution in [-0.4, -0.2) is 15.3 Å². The zero-order valence-electron chi connectivity index (χ0n) is 1.45. The van der Waals surface area contributed by atoms with Crippen LogP contribution in [0.1, 0.15) is 14.9 Å². The smallest absolute Gasteiger partial charge is 0.141 e. The van der Waals surface area contributed by atoms with Gasteiger partial charge in [-0.05, 0) is 0 Å². The largest absolute Gasteiger partial charge is 0.442 e. The molecule has 2 heteroatoms. The van der Waals surface area contributed by atoms with Gasteiger partial charge in [0.2, 0.25) is 0 Å². The standard InChI is InChI=1S/2CH4.H4OSi/c;;1-2/h2*1H4;1H,2H3. The van der Waals surface area contributed by atoms with E-state index < -0.39 is 0 Å². The van der Waals surface area contributed by atoms with Crippen molar-refractivity contribution in [2.45, 2.75) is 14.9 Å². The summed E-state index contributed by atoms with van der Waals surface area (Å²) in [7, 11) is 0.306. The third-order valence-corrected chi connectivity index (χ3v) is 0. The Hall–Kier alpha value is 0.177. The molecule has 0 saturated heterocycles. The predicted octanol–water partition coefficient (Wildman–Crippen LogP) is -0.469. The van der Waals surface area contributed by atoms with Crippen molar-refractivity contribution in [2.75, 3.05) is 0 Å². The first-order valence-corrected chi connectivity index (χ1v) is 1.34. The Bertz CT molecular complexity index is 6.00. The Labute approximate surface area is 31.2 Å². The lowest BCUT2D eigenvalue weighted by Crippen LogP contribution is -1.34. The Kier molecular flexibility index (Phi) is 3660. The maximum atomic E-state index is 7.14. The van der Waals surface area contributed by atoms with Crippen LogP contribution in [0.3, 0.4) is 0 Å². The van der Waals surface area contributed by atoms with E-state index in [1.807, 2.05) is 0 Å². The maximum Gasteiger partial charge on any atom is 0.141 e. The van der Waals surface area contributed by atoms with Gasteiger partial charge in [0.15, 0.2) is 0 Å². The van der Waals surface area contributed by atoms with Crippen LogP contribution in [0.4, 0.5) is 0 Å².